The number of nitrogens with zero attached hydrogens (tertiary/aromatic N) is 1. The molecular formula is C19H27NO5. The van der Waals surface area contributed by atoms with Crippen LogP contribution in [0.4, 0.5) is 4.79 Å². The van der Waals surface area contributed by atoms with Crippen molar-refractivity contribution >= 4 is 12.1 Å². The molecule has 1 heterocycles. The molecule has 2 atom stereocenters. The van der Waals surface area contributed by atoms with Crippen molar-refractivity contribution in [1.29, 1.82) is 0 Å². The van der Waals surface area contributed by atoms with Crippen LogP contribution in [0.15, 0.2) is 24.3 Å². The van der Waals surface area contributed by atoms with E-state index in [0.717, 1.165) is 12.8 Å². The zero-order valence-corrected chi connectivity index (χ0v) is 15.3. The van der Waals surface area contributed by atoms with Crippen LogP contribution >= 0.6 is 0 Å². The van der Waals surface area contributed by atoms with Crippen LogP contribution in [0, 0.1) is 5.92 Å². The lowest BCUT2D eigenvalue weighted by atomic mass is 9.80. The Morgan fingerprint density at radius 3 is 2.56 bits per heavy atom. The molecule has 1 aromatic rings. The SMILES string of the molecule is COc1ccccc1C(C(=O)O)C1CCCN(C(=O)OC(C)(C)C)C1. The average molecular weight is 349 g/mol. The first-order chi connectivity index (χ1) is 11.7. The van der Waals surface area contributed by atoms with E-state index in [4.69, 9.17) is 9.47 Å². The van der Waals surface area contributed by atoms with E-state index in [9.17, 15) is 14.7 Å². The summed E-state index contributed by atoms with van der Waals surface area (Å²) in [6.45, 7) is 6.41. The highest BCUT2D eigenvalue weighted by atomic mass is 16.6. The fourth-order valence-corrected chi connectivity index (χ4v) is 3.29. The molecule has 1 aliphatic heterocycles. The number of piperidine rings is 1. The topological polar surface area (TPSA) is 76.1 Å². The highest BCUT2D eigenvalue weighted by molar-refractivity contribution is 5.78. The summed E-state index contributed by atoms with van der Waals surface area (Å²) in [6, 6.07) is 7.17. The molecule has 1 fully saturated rings. The number of carboxylic acids is 1. The number of hydrogen-bond acceptors (Lipinski definition) is 4. The maximum absolute atomic E-state index is 12.3. The van der Waals surface area contributed by atoms with Crippen molar-refractivity contribution in [3.05, 3.63) is 29.8 Å². The van der Waals surface area contributed by atoms with Crippen LogP contribution in [0.3, 0.4) is 0 Å². The molecule has 1 amide bonds. The number of aliphatic carboxylic acids is 1. The second-order valence-electron chi connectivity index (χ2n) is 7.39. The minimum Gasteiger partial charge on any atom is -0.496 e. The van der Waals surface area contributed by atoms with Gasteiger partial charge < -0.3 is 19.5 Å². The van der Waals surface area contributed by atoms with E-state index in [-0.39, 0.29) is 12.0 Å². The molecule has 0 aromatic heterocycles. The molecule has 0 spiro atoms. The van der Waals surface area contributed by atoms with E-state index in [0.29, 0.717) is 24.4 Å². The molecule has 1 aromatic carbocycles. The first-order valence-electron chi connectivity index (χ1n) is 8.56. The zero-order chi connectivity index (χ0) is 18.6. The number of benzene rings is 1. The molecule has 2 unspecified atom stereocenters. The summed E-state index contributed by atoms with van der Waals surface area (Å²) in [7, 11) is 1.53. The number of carbonyl (C=O) groups is 2. The molecule has 2 rings (SSSR count). The van der Waals surface area contributed by atoms with Gasteiger partial charge in [-0.1, -0.05) is 18.2 Å². The first-order valence-corrected chi connectivity index (χ1v) is 8.56. The quantitative estimate of drug-likeness (QED) is 0.900. The Labute approximate surface area is 148 Å². The van der Waals surface area contributed by atoms with Crippen molar-refractivity contribution in [2.75, 3.05) is 20.2 Å². The maximum atomic E-state index is 12.3. The Balaban J connectivity index is 2.21. The van der Waals surface area contributed by atoms with Crippen molar-refractivity contribution in [2.45, 2.75) is 45.1 Å². The van der Waals surface area contributed by atoms with Gasteiger partial charge >= 0.3 is 12.1 Å². The molecule has 0 saturated carbocycles. The largest absolute Gasteiger partial charge is 0.496 e. The van der Waals surface area contributed by atoms with Gasteiger partial charge in [0.15, 0.2) is 0 Å². The number of amides is 1. The normalized spacial score (nSPS) is 19.2. The second kappa shape index (κ2) is 7.76. The number of para-hydroxylation sites is 1. The van der Waals surface area contributed by atoms with Crippen molar-refractivity contribution in [3.63, 3.8) is 0 Å². The van der Waals surface area contributed by atoms with Gasteiger partial charge in [-0.3, -0.25) is 4.79 Å². The van der Waals surface area contributed by atoms with Crippen molar-refractivity contribution < 1.29 is 24.2 Å². The molecule has 25 heavy (non-hydrogen) atoms. The average Bonchev–Trinajstić information content (AvgIpc) is 2.54. The number of hydrogen-bond donors (Lipinski definition) is 1. The van der Waals surface area contributed by atoms with Crippen molar-refractivity contribution in [1.82, 2.24) is 4.90 Å². The lowest BCUT2D eigenvalue weighted by molar-refractivity contribution is -0.140. The minimum atomic E-state index is -0.902. The molecule has 6 nitrogen and oxygen atoms in total. The van der Waals surface area contributed by atoms with Crippen LogP contribution in [0.1, 0.15) is 45.1 Å². The highest BCUT2D eigenvalue weighted by Gasteiger charge is 2.37. The third kappa shape index (κ3) is 4.87. The number of likely N-dealkylation sites (tertiary alicyclic amines) is 1. The van der Waals surface area contributed by atoms with Crippen LogP contribution in [0.5, 0.6) is 5.75 Å². The summed E-state index contributed by atoms with van der Waals surface area (Å²) >= 11 is 0. The molecular weight excluding hydrogens is 322 g/mol. The summed E-state index contributed by atoms with van der Waals surface area (Å²) in [5, 5.41) is 9.82. The highest BCUT2D eigenvalue weighted by Crippen LogP contribution is 2.36. The van der Waals surface area contributed by atoms with Gasteiger partial charge in [0, 0.05) is 18.7 Å². The fraction of sp³-hybridized carbons (Fsp3) is 0.579. The Bertz CT molecular complexity index is 622. The van der Waals surface area contributed by atoms with Crippen LogP contribution in [-0.2, 0) is 9.53 Å². The lowest BCUT2D eigenvalue weighted by Crippen LogP contribution is -2.45. The van der Waals surface area contributed by atoms with Gasteiger partial charge in [0.2, 0.25) is 0 Å². The first kappa shape index (κ1) is 19.1. The van der Waals surface area contributed by atoms with Crippen LogP contribution in [0.25, 0.3) is 0 Å². The second-order valence-corrected chi connectivity index (χ2v) is 7.39. The number of methoxy groups -OCH3 is 1. The molecule has 0 bridgehead atoms. The monoisotopic (exact) mass is 349 g/mol. The summed E-state index contributed by atoms with van der Waals surface area (Å²) in [4.78, 5) is 25.9. The van der Waals surface area contributed by atoms with Crippen molar-refractivity contribution in [3.8, 4) is 5.75 Å². The Hall–Kier alpha value is -2.24. The van der Waals surface area contributed by atoms with E-state index < -0.39 is 17.5 Å². The fourth-order valence-electron chi connectivity index (χ4n) is 3.29. The molecule has 138 valence electrons. The van der Waals surface area contributed by atoms with Gasteiger partial charge in [-0.15, -0.1) is 0 Å². The third-order valence-corrected chi connectivity index (χ3v) is 4.32. The summed E-state index contributed by atoms with van der Waals surface area (Å²) in [5.41, 5.74) is 0.0762. The molecule has 0 aliphatic carbocycles. The minimum absolute atomic E-state index is 0.185. The number of rotatable bonds is 4. The maximum Gasteiger partial charge on any atom is 0.410 e. The molecule has 6 heteroatoms. The van der Waals surface area contributed by atoms with Gasteiger partial charge in [0.05, 0.1) is 13.0 Å². The summed E-state index contributed by atoms with van der Waals surface area (Å²) in [6.07, 6.45) is 1.11. The molecule has 1 saturated heterocycles. The van der Waals surface area contributed by atoms with E-state index >= 15 is 0 Å². The van der Waals surface area contributed by atoms with Crippen molar-refractivity contribution in [2.24, 2.45) is 5.92 Å². The van der Waals surface area contributed by atoms with Crippen LogP contribution in [-0.4, -0.2) is 47.9 Å². The van der Waals surface area contributed by atoms with E-state index in [1.54, 1.807) is 17.0 Å². The number of carbonyl (C=O) groups excluding carboxylic acids is 1. The van der Waals surface area contributed by atoms with Crippen LogP contribution < -0.4 is 4.74 Å². The molecule has 0 radical (unpaired) electrons. The van der Waals surface area contributed by atoms with Crippen LogP contribution in [0.2, 0.25) is 0 Å². The smallest absolute Gasteiger partial charge is 0.410 e. The third-order valence-electron chi connectivity index (χ3n) is 4.32. The summed E-state index contributed by atoms with van der Waals surface area (Å²) in [5.74, 6) is -1.25. The number of ether oxygens (including phenoxy) is 2. The van der Waals surface area contributed by atoms with Gasteiger partial charge in [0.25, 0.3) is 0 Å². The Morgan fingerprint density at radius 1 is 1.28 bits per heavy atom. The van der Waals surface area contributed by atoms with Gasteiger partial charge in [-0.2, -0.15) is 0 Å². The predicted octanol–water partition coefficient (Wildman–Crippen LogP) is 3.51. The molecule has 1 N–H and O–H groups in total. The van der Waals surface area contributed by atoms with E-state index in [1.165, 1.54) is 7.11 Å². The van der Waals surface area contributed by atoms with Gasteiger partial charge in [-0.25, -0.2) is 4.79 Å². The zero-order valence-electron chi connectivity index (χ0n) is 15.3. The summed E-state index contributed by atoms with van der Waals surface area (Å²) < 4.78 is 10.8. The Kier molecular flexibility index (Phi) is 5.93. The molecule has 1 aliphatic rings. The number of carboxylic acid groups (broad SMARTS) is 1. The standard InChI is InChI=1S/C19H27NO5/c1-19(2,3)25-18(23)20-11-7-8-13(12-20)16(17(21)22)14-9-5-6-10-15(14)24-4/h5-6,9-10,13,16H,7-8,11-12H2,1-4H3,(H,21,22). The van der Waals surface area contributed by atoms with Gasteiger partial charge in [0.1, 0.15) is 11.4 Å². The van der Waals surface area contributed by atoms with E-state index in [2.05, 4.69) is 0 Å². The van der Waals surface area contributed by atoms with Gasteiger partial charge in [-0.05, 0) is 45.6 Å². The lowest BCUT2D eigenvalue weighted by Gasteiger charge is -2.36. The van der Waals surface area contributed by atoms with E-state index in [1.807, 2.05) is 32.9 Å². The Morgan fingerprint density at radius 2 is 1.96 bits per heavy atom. The predicted molar refractivity (Wildman–Crippen MR) is 93.9 cm³/mol.